The molecule has 4 nitrogen and oxygen atoms in total. The lowest BCUT2D eigenvalue weighted by Crippen LogP contribution is -2.10. The first kappa shape index (κ1) is 41.5. The van der Waals surface area contributed by atoms with E-state index in [4.69, 9.17) is 4.42 Å². The molecule has 2 heterocycles. The number of rotatable bonds is 9. The van der Waals surface area contributed by atoms with Crippen molar-refractivity contribution in [1.29, 1.82) is 5.26 Å². The Hall–Kier alpha value is -9.69. The van der Waals surface area contributed by atoms with E-state index in [2.05, 4.69) is 240 Å². The molecule has 0 aliphatic rings. The number of nitrogens with zero attached hydrogens (tertiary/aromatic N) is 3. The number of furan rings is 1. The third kappa shape index (κ3) is 7.60. The van der Waals surface area contributed by atoms with Gasteiger partial charge in [0.05, 0.1) is 22.7 Å². The van der Waals surface area contributed by atoms with E-state index in [9.17, 15) is 5.26 Å². The molecular weight excluding hydrogens is 863 g/mol. The van der Waals surface area contributed by atoms with Gasteiger partial charge in [-0.2, -0.15) is 5.26 Å². The zero-order valence-electron chi connectivity index (χ0n) is 38.6. The molecule has 0 aliphatic heterocycles. The first-order chi connectivity index (χ1) is 35.1. The molecule has 13 aromatic rings. The Morgan fingerprint density at radius 2 is 0.761 bits per heavy atom. The Kier molecular flexibility index (Phi) is 10.2. The molecule has 0 bridgehead atoms. The highest BCUT2D eigenvalue weighted by Crippen LogP contribution is 2.43. The average molecular weight is 906 g/mol. The number of para-hydroxylation sites is 2. The fourth-order valence-electron chi connectivity index (χ4n) is 10.3. The molecule has 0 fully saturated rings. The minimum atomic E-state index is 0.652. The summed E-state index contributed by atoms with van der Waals surface area (Å²) in [6.07, 6.45) is 0. The molecule has 0 unspecified atom stereocenters. The van der Waals surface area contributed by atoms with Crippen LogP contribution in [0.1, 0.15) is 5.56 Å². The van der Waals surface area contributed by atoms with Crippen LogP contribution in [0, 0.1) is 11.3 Å². The van der Waals surface area contributed by atoms with Crippen LogP contribution < -0.4 is 4.90 Å². The topological polar surface area (TPSA) is 45.1 Å². The zero-order chi connectivity index (χ0) is 47.3. The number of hydrogen-bond acceptors (Lipinski definition) is 3. The van der Waals surface area contributed by atoms with E-state index in [1.165, 1.54) is 21.9 Å². The summed E-state index contributed by atoms with van der Waals surface area (Å²) in [6, 6.07) is 95.1. The Labute approximate surface area is 411 Å². The summed E-state index contributed by atoms with van der Waals surface area (Å²) < 4.78 is 8.87. The van der Waals surface area contributed by atoms with E-state index < -0.39 is 0 Å². The number of nitriles is 1. The van der Waals surface area contributed by atoms with E-state index in [1.807, 2.05) is 36.4 Å². The number of aromatic nitrogens is 1. The number of hydrogen-bond donors (Lipinski definition) is 0. The highest BCUT2D eigenvalue weighted by Gasteiger charge is 2.19. The smallest absolute Gasteiger partial charge is 0.136 e. The first-order valence-electron chi connectivity index (χ1n) is 23.9. The van der Waals surface area contributed by atoms with E-state index in [0.717, 1.165) is 100 Å². The van der Waals surface area contributed by atoms with Gasteiger partial charge in [-0.1, -0.05) is 164 Å². The summed E-state index contributed by atoms with van der Waals surface area (Å²) in [6.45, 7) is 0. The second-order valence-corrected chi connectivity index (χ2v) is 18.1. The van der Waals surface area contributed by atoms with Crippen molar-refractivity contribution in [2.75, 3.05) is 4.90 Å². The van der Waals surface area contributed by atoms with E-state index >= 15 is 0 Å². The second kappa shape index (κ2) is 17.4. The van der Waals surface area contributed by atoms with Gasteiger partial charge in [-0.3, -0.25) is 0 Å². The lowest BCUT2D eigenvalue weighted by atomic mass is 9.95. The summed E-state index contributed by atoms with van der Waals surface area (Å²) >= 11 is 0. The summed E-state index contributed by atoms with van der Waals surface area (Å²) in [5, 5.41) is 14.0. The number of benzene rings is 11. The van der Waals surface area contributed by atoms with Crippen LogP contribution in [-0.4, -0.2) is 4.57 Å². The van der Waals surface area contributed by atoms with E-state index in [0.29, 0.717) is 5.56 Å². The van der Waals surface area contributed by atoms with Gasteiger partial charge < -0.3 is 13.9 Å². The third-order valence-corrected chi connectivity index (χ3v) is 13.8. The third-order valence-electron chi connectivity index (χ3n) is 13.8. The Morgan fingerprint density at radius 1 is 0.310 bits per heavy atom. The molecule has 0 atom stereocenters. The average Bonchev–Trinajstić information content (AvgIpc) is 3.99. The van der Waals surface area contributed by atoms with Crippen LogP contribution in [0.3, 0.4) is 0 Å². The molecule has 0 N–H and O–H groups in total. The van der Waals surface area contributed by atoms with Crippen LogP contribution in [0.15, 0.2) is 265 Å². The Bertz CT molecular complexity index is 4040. The lowest BCUT2D eigenvalue weighted by Gasteiger charge is -2.27. The Morgan fingerprint density at radius 3 is 1.37 bits per heavy atom. The van der Waals surface area contributed by atoms with Crippen molar-refractivity contribution in [2.24, 2.45) is 0 Å². The molecule has 71 heavy (non-hydrogen) atoms. The van der Waals surface area contributed by atoms with Gasteiger partial charge in [-0.15, -0.1) is 0 Å². The lowest BCUT2D eigenvalue weighted by molar-refractivity contribution is 0.669. The van der Waals surface area contributed by atoms with Crippen LogP contribution in [-0.2, 0) is 0 Å². The van der Waals surface area contributed by atoms with Crippen molar-refractivity contribution in [3.05, 3.63) is 266 Å². The van der Waals surface area contributed by atoms with Crippen LogP contribution >= 0.6 is 0 Å². The first-order valence-corrected chi connectivity index (χ1v) is 23.9. The van der Waals surface area contributed by atoms with Crippen molar-refractivity contribution >= 4 is 60.8 Å². The molecule has 332 valence electrons. The fraction of sp³-hybridized carbons (Fsp3) is 0. The van der Waals surface area contributed by atoms with Crippen molar-refractivity contribution in [1.82, 2.24) is 4.57 Å². The highest BCUT2D eigenvalue weighted by atomic mass is 16.3. The molecule has 0 amide bonds. The van der Waals surface area contributed by atoms with Gasteiger partial charge in [-0.05, 0) is 153 Å². The maximum absolute atomic E-state index is 9.39. The second-order valence-electron chi connectivity index (χ2n) is 18.1. The van der Waals surface area contributed by atoms with Gasteiger partial charge in [0, 0.05) is 44.3 Å². The molecular formula is C67H43N3O. The molecule has 11 aromatic carbocycles. The molecule has 0 saturated heterocycles. The van der Waals surface area contributed by atoms with E-state index in [-0.39, 0.29) is 0 Å². The molecule has 0 radical (unpaired) electrons. The largest absolute Gasteiger partial charge is 0.456 e. The molecule has 13 rings (SSSR count). The minimum Gasteiger partial charge on any atom is -0.456 e. The van der Waals surface area contributed by atoms with Gasteiger partial charge in [0.2, 0.25) is 0 Å². The molecule has 0 spiro atoms. The molecule has 0 aliphatic carbocycles. The van der Waals surface area contributed by atoms with Crippen molar-refractivity contribution < 1.29 is 4.42 Å². The van der Waals surface area contributed by atoms with Gasteiger partial charge in [0.25, 0.3) is 0 Å². The normalized spacial score (nSPS) is 11.4. The zero-order valence-corrected chi connectivity index (χ0v) is 38.6. The number of fused-ring (bicyclic) bond motifs is 6. The van der Waals surface area contributed by atoms with Crippen molar-refractivity contribution in [2.45, 2.75) is 0 Å². The summed E-state index contributed by atoms with van der Waals surface area (Å²) in [7, 11) is 0. The molecule has 4 heteroatoms. The summed E-state index contributed by atoms with van der Waals surface area (Å²) in [4.78, 5) is 2.38. The Balaban J connectivity index is 0.998. The van der Waals surface area contributed by atoms with Crippen LogP contribution in [0.4, 0.5) is 17.1 Å². The predicted octanol–water partition coefficient (Wildman–Crippen LogP) is 18.4. The summed E-state index contributed by atoms with van der Waals surface area (Å²) in [5.41, 5.74) is 20.0. The van der Waals surface area contributed by atoms with Gasteiger partial charge in [-0.25, -0.2) is 0 Å². The van der Waals surface area contributed by atoms with Crippen molar-refractivity contribution in [3.63, 3.8) is 0 Å². The van der Waals surface area contributed by atoms with Crippen LogP contribution in [0.2, 0.25) is 0 Å². The maximum atomic E-state index is 9.39. The monoisotopic (exact) mass is 905 g/mol. The standard InChI is InChI=1S/C67H43N3O/c68-44-45-19-21-48(22-20-45)51-27-35-58(36-28-51)70-64-17-9-7-15-60(64)61-37-29-52(42-65(61)70)54-39-55(53-30-38-63-62-16-8-10-18-66(62)71-67(63)43-53)41-59(40-54)69(56-31-23-49(24-32-56)46-11-3-1-4-12-46)57-33-25-50(26-34-57)47-13-5-2-6-14-47/h1-43H. The van der Waals surface area contributed by atoms with Crippen LogP contribution in [0.25, 0.3) is 105 Å². The molecule has 0 saturated carbocycles. The number of anilines is 3. The summed E-state index contributed by atoms with van der Waals surface area (Å²) in [5.74, 6) is 0. The van der Waals surface area contributed by atoms with Gasteiger partial charge >= 0.3 is 0 Å². The van der Waals surface area contributed by atoms with Crippen LogP contribution in [0.5, 0.6) is 0 Å². The minimum absolute atomic E-state index is 0.652. The van der Waals surface area contributed by atoms with E-state index in [1.54, 1.807) is 0 Å². The quantitative estimate of drug-likeness (QED) is 0.145. The maximum Gasteiger partial charge on any atom is 0.136 e. The van der Waals surface area contributed by atoms with Gasteiger partial charge in [0.15, 0.2) is 0 Å². The highest BCUT2D eigenvalue weighted by molar-refractivity contribution is 6.10. The predicted molar refractivity (Wildman–Crippen MR) is 295 cm³/mol. The molecule has 2 aromatic heterocycles. The van der Waals surface area contributed by atoms with Gasteiger partial charge in [0.1, 0.15) is 11.2 Å². The van der Waals surface area contributed by atoms with Crippen molar-refractivity contribution in [3.8, 4) is 67.4 Å². The fourth-order valence-corrected chi connectivity index (χ4v) is 10.3. The SMILES string of the molecule is N#Cc1ccc(-c2ccc(-n3c4ccccc4c4ccc(-c5cc(-c6ccc7c(c6)oc6ccccc67)cc(N(c6ccc(-c7ccccc7)cc6)c6ccc(-c7ccccc7)cc6)c5)cc43)cc2)cc1.